The van der Waals surface area contributed by atoms with E-state index in [1.54, 1.807) is 0 Å². The average Bonchev–Trinajstić information content (AvgIpc) is 2.65. The van der Waals surface area contributed by atoms with Gasteiger partial charge in [0, 0.05) is 19.0 Å². The molecule has 25 heavy (non-hydrogen) atoms. The van der Waals surface area contributed by atoms with Gasteiger partial charge < -0.3 is 20.5 Å². The van der Waals surface area contributed by atoms with E-state index in [0.717, 1.165) is 11.5 Å². The number of nitrogens with two attached hydrogens (primary N) is 1. The summed E-state index contributed by atoms with van der Waals surface area (Å²) in [4.78, 5) is 12.2. The van der Waals surface area contributed by atoms with Gasteiger partial charge in [-0.1, -0.05) is 31.4 Å². The molecule has 5 heteroatoms. The Balaban J connectivity index is 1.69. The van der Waals surface area contributed by atoms with Gasteiger partial charge in [0.15, 0.2) is 11.5 Å². The molecule has 0 aliphatic heterocycles. The van der Waals surface area contributed by atoms with Crippen LogP contribution in [0.1, 0.15) is 51.9 Å². The molecule has 0 heterocycles. The molecule has 0 spiro atoms. The summed E-state index contributed by atoms with van der Waals surface area (Å²) in [6.45, 7) is 3.56. The van der Waals surface area contributed by atoms with Crippen molar-refractivity contribution in [3.8, 4) is 11.5 Å². The highest BCUT2D eigenvalue weighted by Crippen LogP contribution is 2.27. The van der Waals surface area contributed by atoms with Crippen LogP contribution in [0.2, 0.25) is 0 Å². The molecule has 0 aromatic heterocycles. The van der Waals surface area contributed by atoms with E-state index in [-0.39, 0.29) is 11.9 Å². The third-order valence-electron chi connectivity index (χ3n) is 4.77. The fraction of sp³-hybridized carbons (Fsp3) is 0.650. The van der Waals surface area contributed by atoms with Gasteiger partial charge in [0.2, 0.25) is 5.91 Å². The van der Waals surface area contributed by atoms with Gasteiger partial charge in [-0.3, -0.25) is 4.79 Å². The second kappa shape index (κ2) is 11.0. The molecular weight excluding hydrogens is 316 g/mol. The number of carbonyl (C=O) groups excluding carboxylic acids is 1. The average molecular weight is 348 g/mol. The van der Waals surface area contributed by atoms with Crippen molar-refractivity contribution >= 4 is 5.91 Å². The van der Waals surface area contributed by atoms with Gasteiger partial charge in [-0.15, -0.1) is 0 Å². The molecule has 1 aromatic rings. The number of ether oxygens (including phenoxy) is 2. The number of hydrogen-bond acceptors (Lipinski definition) is 4. The molecule has 1 aliphatic carbocycles. The summed E-state index contributed by atoms with van der Waals surface area (Å²) in [6, 6.07) is 7.73. The van der Waals surface area contributed by atoms with E-state index in [2.05, 4.69) is 5.32 Å². The fourth-order valence-electron chi connectivity index (χ4n) is 3.44. The third kappa shape index (κ3) is 6.58. The Morgan fingerprint density at radius 3 is 2.52 bits per heavy atom. The monoisotopic (exact) mass is 348 g/mol. The summed E-state index contributed by atoms with van der Waals surface area (Å²) in [6.07, 6.45) is 7.31. The van der Waals surface area contributed by atoms with E-state index in [1.165, 1.54) is 32.1 Å². The first kappa shape index (κ1) is 19.6. The molecule has 1 atom stereocenters. The molecule has 1 aromatic carbocycles. The van der Waals surface area contributed by atoms with Crippen LogP contribution in [-0.4, -0.2) is 31.7 Å². The molecule has 1 unspecified atom stereocenters. The van der Waals surface area contributed by atoms with Gasteiger partial charge in [0.05, 0.1) is 13.2 Å². The molecule has 1 saturated carbocycles. The minimum atomic E-state index is 0.0720. The van der Waals surface area contributed by atoms with Crippen molar-refractivity contribution in [1.82, 2.24) is 5.32 Å². The van der Waals surface area contributed by atoms with Crippen LogP contribution < -0.4 is 20.5 Å². The molecule has 1 aliphatic rings. The Labute approximate surface area is 151 Å². The lowest BCUT2D eigenvalue weighted by molar-refractivity contribution is -0.122. The van der Waals surface area contributed by atoms with Gasteiger partial charge in [-0.25, -0.2) is 0 Å². The molecule has 0 saturated heterocycles. The number of benzene rings is 1. The summed E-state index contributed by atoms with van der Waals surface area (Å²) in [5.41, 5.74) is 5.87. The first-order chi connectivity index (χ1) is 12.2. The number of para-hydroxylation sites is 2. The van der Waals surface area contributed by atoms with Gasteiger partial charge in [0.25, 0.3) is 0 Å². The van der Waals surface area contributed by atoms with Crippen LogP contribution in [0.5, 0.6) is 11.5 Å². The van der Waals surface area contributed by atoms with Crippen LogP contribution in [-0.2, 0) is 4.79 Å². The molecule has 2 rings (SSSR count). The van der Waals surface area contributed by atoms with Gasteiger partial charge >= 0.3 is 0 Å². The smallest absolute Gasteiger partial charge is 0.220 e. The highest BCUT2D eigenvalue weighted by atomic mass is 16.5. The van der Waals surface area contributed by atoms with E-state index in [9.17, 15) is 4.79 Å². The lowest BCUT2D eigenvalue weighted by Gasteiger charge is -2.30. The Bertz CT molecular complexity index is 515. The fourth-order valence-corrected chi connectivity index (χ4v) is 3.44. The number of hydrogen-bond donors (Lipinski definition) is 2. The lowest BCUT2D eigenvalue weighted by atomic mass is 9.84. The van der Waals surface area contributed by atoms with Crippen LogP contribution in [0.3, 0.4) is 0 Å². The maximum Gasteiger partial charge on any atom is 0.220 e. The first-order valence-corrected chi connectivity index (χ1v) is 9.58. The number of rotatable bonds is 10. The van der Waals surface area contributed by atoms with E-state index in [4.69, 9.17) is 15.2 Å². The predicted molar refractivity (Wildman–Crippen MR) is 99.9 cm³/mol. The zero-order valence-electron chi connectivity index (χ0n) is 15.3. The molecule has 140 valence electrons. The Kier molecular flexibility index (Phi) is 8.60. The molecule has 1 amide bonds. The zero-order chi connectivity index (χ0) is 17.9. The maximum absolute atomic E-state index is 12.2. The highest BCUT2D eigenvalue weighted by Gasteiger charge is 2.23. The summed E-state index contributed by atoms with van der Waals surface area (Å²) in [7, 11) is 0. The predicted octanol–water partition coefficient (Wildman–Crippen LogP) is 3.27. The van der Waals surface area contributed by atoms with E-state index in [1.807, 2.05) is 31.2 Å². The van der Waals surface area contributed by atoms with Crippen LogP contribution in [0.25, 0.3) is 0 Å². The largest absolute Gasteiger partial charge is 0.490 e. The minimum absolute atomic E-state index is 0.0720. The lowest BCUT2D eigenvalue weighted by Crippen LogP contribution is -2.45. The quantitative estimate of drug-likeness (QED) is 0.637. The molecule has 5 nitrogen and oxygen atoms in total. The first-order valence-electron chi connectivity index (χ1n) is 9.58. The highest BCUT2D eigenvalue weighted by molar-refractivity contribution is 5.76. The third-order valence-corrected chi connectivity index (χ3v) is 4.77. The SMILES string of the molecule is CCOc1ccccc1OCCCC(=O)NC(CN)C1CCCCC1. The van der Waals surface area contributed by atoms with Crippen LogP contribution in [0.4, 0.5) is 0 Å². The number of carbonyl (C=O) groups is 1. The molecule has 0 radical (unpaired) electrons. The van der Waals surface area contributed by atoms with E-state index in [0.29, 0.717) is 38.5 Å². The van der Waals surface area contributed by atoms with Crippen molar-refractivity contribution in [1.29, 1.82) is 0 Å². The minimum Gasteiger partial charge on any atom is -0.490 e. The van der Waals surface area contributed by atoms with Crippen molar-refractivity contribution < 1.29 is 14.3 Å². The van der Waals surface area contributed by atoms with Gasteiger partial charge in [-0.2, -0.15) is 0 Å². The normalized spacial score (nSPS) is 16.2. The number of nitrogens with one attached hydrogen (secondary N) is 1. The van der Waals surface area contributed by atoms with Crippen LogP contribution >= 0.6 is 0 Å². The van der Waals surface area contributed by atoms with Crippen molar-refractivity contribution in [2.45, 2.75) is 57.9 Å². The molecule has 0 bridgehead atoms. The second-order valence-corrected chi connectivity index (χ2v) is 6.64. The Hall–Kier alpha value is -1.75. The van der Waals surface area contributed by atoms with Crippen molar-refractivity contribution in [2.24, 2.45) is 11.7 Å². The summed E-state index contributed by atoms with van der Waals surface area (Å²) >= 11 is 0. The number of amides is 1. The van der Waals surface area contributed by atoms with Crippen LogP contribution in [0, 0.1) is 5.92 Å². The van der Waals surface area contributed by atoms with Crippen LogP contribution in [0.15, 0.2) is 24.3 Å². The van der Waals surface area contributed by atoms with Gasteiger partial charge in [-0.05, 0) is 44.2 Å². The standard InChI is InChI=1S/C20H32N2O3/c1-2-24-18-11-6-7-12-19(18)25-14-8-13-20(23)22-17(15-21)16-9-4-3-5-10-16/h6-7,11-12,16-17H,2-5,8-10,13-15,21H2,1H3,(H,22,23). The van der Waals surface area contributed by atoms with E-state index < -0.39 is 0 Å². The topological polar surface area (TPSA) is 73.6 Å². The van der Waals surface area contributed by atoms with Crippen molar-refractivity contribution in [3.63, 3.8) is 0 Å². The zero-order valence-corrected chi connectivity index (χ0v) is 15.3. The molecule has 3 N–H and O–H groups in total. The second-order valence-electron chi connectivity index (χ2n) is 6.64. The summed E-state index contributed by atoms with van der Waals surface area (Å²) < 4.78 is 11.3. The van der Waals surface area contributed by atoms with Crippen molar-refractivity contribution in [2.75, 3.05) is 19.8 Å². The van der Waals surface area contributed by atoms with Crippen molar-refractivity contribution in [3.05, 3.63) is 24.3 Å². The summed E-state index contributed by atoms with van der Waals surface area (Å²) in [5.74, 6) is 2.08. The Morgan fingerprint density at radius 1 is 1.20 bits per heavy atom. The summed E-state index contributed by atoms with van der Waals surface area (Å²) in [5, 5.41) is 3.12. The maximum atomic E-state index is 12.2. The Morgan fingerprint density at radius 2 is 1.88 bits per heavy atom. The van der Waals surface area contributed by atoms with Gasteiger partial charge in [0.1, 0.15) is 0 Å². The molecule has 1 fully saturated rings. The molecular formula is C20H32N2O3. The van der Waals surface area contributed by atoms with E-state index >= 15 is 0 Å².